The Kier molecular flexibility index (Phi) is 4.22. The van der Waals surface area contributed by atoms with Crippen molar-refractivity contribution < 1.29 is 57.2 Å². The van der Waals surface area contributed by atoms with Crippen LogP contribution in [0.4, 0.5) is 0 Å². The van der Waals surface area contributed by atoms with E-state index in [0.29, 0.717) is 12.2 Å². The molecule has 0 aromatic rings. The first-order valence-electron chi connectivity index (χ1n) is 3.00. The first kappa shape index (κ1) is 13.5. The van der Waals surface area contributed by atoms with Gasteiger partial charge in [0.2, 0.25) is 5.78 Å². The van der Waals surface area contributed by atoms with Gasteiger partial charge in [-0.1, -0.05) is 0 Å². The molecule has 0 aliphatic heterocycles. The van der Waals surface area contributed by atoms with Gasteiger partial charge >= 0.3 is 29.6 Å². The molecule has 14 heavy (non-hydrogen) atoms. The number of ketones is 2. The number of rotatable bonds is 1. The molecule has 0 unspecified atom stereocenters. The Labute approximate surface area is 101 Å². The Morgan fingerprint density at radius 2 is 1.57 bits per heavy atom. The van der Waals surface area contributed by atoms with E-state index in [9.17, 15) is 22.6 Å². The summed E-state index contributed by atoms with van der Waals surface area (Å²) in [6, 6.07) is 0. The Morgan fingerprint density at radius 1 is 1.14 bits per heavy atom. The second-order valence-electron chi connectivity index (χ2n) is 2.19. The Balaban J connectivity index is 0.00000169. The molecule has 0 saturated heterocycles. The Bertz CT molecular complexity index is 443. The van der Waals surface area contributed by atoms with Crippen LogP contribution in [0, 0.1) is 0 Å². The van der Waals surface area contributed by atoms with Crippen molar-refractivity contribution in [3.05, 3.63) is 22.8 Å². The minimum absolute atomic E-state index is 0. The third kappa shape index (κ3) is 2.52. The molecule has 0 fully saturated rings. The third-order valence-corrected chi connectivity index (χ3v) is 2.20. The van der Waals surface area contributed by atoms with Gasteiger partial charge in [-0.15, -0.1) is 0 Å². The molecule has 0 aromatic carbocycles. The van der Waals surface area contributed by atoms with Crippen LogP contribution >= 0.6 is 0 Å². The normalized spacial score (nSPS) is 16.9. The molecule has 70 valence electrons. The van der Waals surface area contributed by atoms with Gasteiger partial charge in [0.15, 0.2) is 11.5 Å². The molecule has 1 rings (SSSR count). The van der Waals surface area contributed by atoms with Crippen molar-refractivity contribution in [2.24, 2.45) is 0 Å². The fraction of sp³-hybridized carbons (Fsp3) is 0. The van der Waals surface area contributed by atoms with E-state index < -0.39 is 32.3 Å². The van der Waals surface area contributed by atoms with Gasteiger partial charge in [0.1, 0.15) is 15.0 Å². The maximum atomic E-state index is 10.8. The number of aliphatic hydroxyl groups is 1. The Hall–Kier alpha value is -0.470. The van der Waals surface area contributed by atoms with Gasteiger partial charge in [-0.25, -0.2) is 8.42 Å². The van der Waals surface area contributed by atoms with E-state index in [1.807, 2.05) is 0 Å². The van der Waals surface area contributed by atoms with Gasteiger partial charge in [0, 0.05) is 0 Å². The molecular formula is C6H3NaO6S. The topological polar surface area (TPSA) is 112 Å². The van der Waals surface area contributed by atoms with Crippen molar-refractivity contribution in [3.8, 4) is 0 Å². The van der Waals surface area contributed by atoms with E-state index in [1.165, 1.54) is 0 Å². The van der Waals surface area contributed by atoms with Crippen LogP contribution in [0.3, 0.4) is 0 Å². The third-order valence-electron chi connectivity index (χ3n) is 1.31. The van der Waals surface area contributed by atoms with Gasteiger partial charge in [0.25, 0.3) is 0 Å². The molecule has 0 bridgehead atoms. The molecule has 0 heterocycles. The molecule has 6 nitrogen and oxygen atoms in total. The summed E-state index contributed by atoms with van der Waals surface area (Å²) in [4.78, 5) is 20.0. The summed E-state index contributed by atoms with van der Waals surface area (Å²) in [6.07, 6.45) is 1.30. The van der Waals surface area contributed by atoms with E-state index in [4.69, 9.17) is 5.11 Å². The van der Waals surface area contributed by atoms with Crippen LogP contribution in [0.1, 0.15) is 0 Å². The van der Waals surface area contributed by atoms with Crippen LogP contribution in [-0.2, 0) is 19.7 Å². The van der Waals surface area contributed by atoms with Crippen LogP contribution in [0.5, 0.6) is 0 Å². The van der Waals surface area contributed by atoms with E-state index in [-0.39, 0.29) is 29.6 Å². The second kappa shape index (κ2) is 4.37. The molecule has 1 aliphatic rings. The number of allylic oxidation sites excluding steroid dienone is 3. The predicted octanol–water partition coefficient (Wildman–Crippen LogP) is -3.99. The van der Waals surface area contributed by atoms with Crippen molar-refractivity contribution in [2.45, 2.75) is 0 Å². The molecule has 8 heteroatoms. The molecule has 0 atom stereocenters. The molecule has 0 radical (unpaired) electrons. The summed E-state index contributed by atoms with van der Waals surface area (Å²) in [7, 11) is -5.10. The Morgan fingerprint density at radius 3 is 1.93 bits per heavy atom. The minimum atomic E-state index is -5.10. The summed E-state index contributed by atoms with van der Waals surface area (Å²) in [6.45, 7) is 0. The molecule has 1 aliphatic carbocycles. The fourth-order valence-electron chi connectivity index (χ4n) is 0.776. The predicted molar refractivity (Wildman–Crippen MR) is 38.5 cm³/mol. The summed E-state index contributed by atoms with van der Waals surface area (Å²) in [5, 5.41) is 8.82. The SMILES string of the molecule is O=C1C=CC(=O)C(S(=O)(=O)[O-])=C1O.[Na+]. The number of carbonyl (C=O) groups excluding carboxylic acids is 2. The first-order chi connectivity index (χ1) is 5.84. The molecule has 1 N–H and O–H groups in total. The summed E-state index contributed by atoms with van der Waals surface area (Å²) in [5.41, 5.74) is 0. The summed E-state index contributed by atoms with van der Waals surface area (Å²) >= 11 is 0. The first-order valence-corrected chi connectivity index (χ1v) is 4.40. The van der Waals surface area contributed by atoms with Gasteiger partial charge in [-0.05, 0) is 12.2 Å². The van der Waals surface area contributed by atoms with Gasteiger partial charge in [-0.3, -0.25) is 9.59 Å². The average Bonchev–Trinajstić information content (AvgIpc) is 1.95. The fourth-order valence-corrected chi connectivity index (χ4v) is 1.43. The zero-order chi connectivity index (χ0) is 10.2. The number of carbonyl (C=O) groups is 2. The van der Waals surface area contributed by atoms with E-state index >= 15 is 0 Å². The number of hydrogen-bond donors (Lipinski definition) is 1. The largest absolute Gasteiger partial charge is 1.00 e. The molecule has 0 aromatic heterocycles. The zero-order valence-electron chi connectivity index (χ0n) is 7.05. The quantitative estimate of drug-likeness (QED) is 0.277. The van der Waals surface area contributed by atoms with Crippen LogP contribution in [0.15, 0.2) is 22.8 Å². The monoisotopic (exact) mass is 226 g/mol. The summed E-state index contributed by atoms with van der Waals surface area (Å²) < 4.78 is 31.1. The van der Waals surface area contributed by atoms with Crippen LogP contribution in [-0.4, -0.2) is 29.6 Å². The maximum Gasteiger partial charge on any atom is 1.00 e. The number of hydrogen-bond acceptors (Lipinski definition) is 6. The van der Waals surface area contributed by atoms with Crippen molar-refractivity contribution in [1.29, 1.82) is 0 Å². The maximum absolute atomic E-state index is 10.8. The van der Waals surface area contributed by atoms with Crippen LogP contribution < -0.4 is 29.6 Å². The number of aliphatic hydroxyl groups excluding tert-OH is 1. The van der Waals surface area contributed by atoms with Crippen LogP contribution in [0.25, 0.3) is 0 Å². The molecule has 0 saturated carbocycles. The van der Waals surface area contributed by atoms with E-state index in [1.54, 1.807) is 0 Å². The van der Waals surface area contributed by atoms with E-state index in [0.717, 1.165) is 0 Å². The molecule has 0 spiro atoms. The van der Waals surface area contributed by atoms with Crippen molar-refractivity contribution in [2.75, 3.05) is 0 Å². The molecule has 0 amide bonds. The van der Waals surface area contributed by atoms with Gasteiger partial charge in [-0.2, -0.15) is 0 Å². The average molecular weight is 226 g/mol. The standard InChI is InChI=1S/C6H4O6S.Na/c7-3-1-2-4(8)6(5(3)9)13(10,11)12;/h1-2,9H,(H,10,11,12);/q;+1/p-1. The van der Waals surface area contributed by atoms with Crippen molar-refractivity contribution in [3.63, 3.8) is 0 Å². The zero-order valence-corrected chi connectivity index (χ0v) is 9.87. The molecular weight excluding hydrogens is 223 g/mol. The smallest absolute Gasteiger partial charge is 0.744 e. The summed E-state index contributed by atoms with van der Waals surface area (Å²) in [5.74, 6) is -3.58. The van der Waals surface area contributed by atoms with Gasteiger partial charge < -0.3 is 9.66 Å². The van der Waals surface area contributed by atoms with Crippen molar-refractivity contribution in [1.82, 2.24) is 0 Å². The second-order valence-corrected chi connectivity index (χ2v) is 3.51. The van der Waals surface area contributed by atoms with Crippen LogP contribution in [0.2, 0.25) is 0 Å². The van der Waals surface area contributed by atoms with Crippen molar-refractivity contribution >= 4 is 21.7 Å². The van der Waals surface area contributed by atoms with E-state index in [2.05, 4.69) is 0 Å². The minimum Gasteiger partial charge on any atom is -0.744 e. The van der Waals surface area contributed by atoms with Gasteiger partial charge in [0.05, 0.1) is 0 Å².